The molecule has 0 bridgehead atoms. The van der Waals surface area contributed by atoms with Crippen molar-refractivity contribution in [2.24, 2.45) is 11.3 Å². The smallest absolute Gasteiger partial charge is 0.0124 e. The van der Waals surface area contributed by atoms with Crippen molar-refractivity contribution >= 4 is 0 Å². The molecule has 1 aliphatic heterocycles. The standard InChI is InChI=1S/C17H32N2/c1-3-17(2,12-18-15-9-10-15)13-19-11-5-7-14-6-4-8-16(14)19/h14-16,18H,3-13H2,1-2H3. The predicted molar refractivity (Wildman–Crippen MR) is 81.4 cm³/mol. The number of nitrogens with one attached hydrogen (secondary N) is 1. The molecule has 3 aliphatic rings. The van der Waals surface area contributed by atoms with Gasteiger partial charge in [0.2, 0.25) is 0 Å². The maximum absolute atomic E-state index is 3.77. The first-order chi connectivity index (χ1) is 9.20. The van der Waals surface area contributed by atoms with Gasteiger partial charge < -0.3 is 5.32 Å². The SMILES string of the molecule is CCC(C)(CNC1CC1)CN1CCCC2CCCC21. The molecule has 3 rings (SSSR count). The monoisotopic (exact) mass is 264 g/mol. The molecule has 0 amide bonds. The van der Waals surface area contributed by atoms with Gasteiger partial charge in [-0.2, -0.15) is 0 Å². The molecular weight excluding hydrogens is 232 g/mol. The fraction of sp³-hybridized carbons (Fsp3) is 1.00. The maximum Gasteiger partial charge on any atom is 0.0124 e. The van der Waals surface area contributed by atoms with E-state index in [0.29, 0.717) is 5.41 Å². The van der Waals surface area contributed by atoms with Gasteiger partial charge >= 0.3 is 0 Å². The summed E-state index contributed by atoms with van der Waals surface area (Å²) in [6.45, 7) is 8.79. The zero-order valence-corrected chi connectivity index (χ0v) is 13.0. The van der Waals surface area contributed by atoms with Crippen LogP contribution in [0, 0.1) is 11.3 Å². The predicted octanol–water partition coefficient (Wildman–Crippen LogP) is 3.42. The van der Waals surface area contributed by atoms with Gasteiger partial charge in [0.1, 0.15) is 0 Å². The lowest BCUT2D eigenvalue weighted by atomic mass is 9.83. The highest BCUT2D eigenvalue weighted by Crippen LogP contribution is 2.38. The molecule has 0 spiro atoms. The average molecular weight is 264 g/mol. The Morgan fingerprint density at radius 2 is 1.89 bits per heavy atom. The highest BCUT2D eigenvalue weighted by molar-refractivity contribution is 4.93. The second kappa shape index (κ2) is 5.73. The van der Waals surface area contributed by atoms with Crippen molar-refractivity contribution in [1.82, 2.24) is 10.2 Å². The topological polar surface area (TPSA) is 15.3 Å². The first kappa shape index (κ1) is 13.9. The van der Waals surface area contributed by atoms with Crippen LogP contribution in [0.1, 0.15) is 65.2 Å². The number of hydrogen-bond donors (Lipinski definition) is 1. The van der Waals surface area contributed by atoms with Crippen molar-refractivity contribution in [2.75, 3.05) is 19.6 Å². The molecule has 0 aromatic heterocycles. The molecule has 1 N–H and O–H groups in total. The molecule has 3 atom stereocenters. The number of rotatable bonds is 6. The van der Waals surface area contributed by atoms with Gasteiger partial charge in [0.05, 0.1) is 0 Å². The normalized spacial score (nSPS) is 35.1. The van der Waals surface area contributed by atoms with Crippen molar-refractivity contribution in [2.45, 2.75) is 77.3 Å². The number of fused-ring (bicyclic) bond motifs is 1. The van der Waals surface area contributed by atoms with Crippen molar-refractivity contribution in [3.05, 3.63) is 0 Å². The first-order valence-electron chi connectivity index (χ1n) is 8.68. The molecule has 19 heavy (non-hydrogen) atoms. The van der Waals surface area contributed by atoms with Crippen molar-refractivity contribution in [3.8, 4) is 0 Å². The van der Waals surface area contributed by atoms with Gasteiger partial charge in [-0.05, 0) is 62.8 Å². The van der Waals surface area contributed by atoms with E-state index in [1.54, 1.807) is 0 Å². The summed E-state index contributed by atoms with van der Waals surface area (Å²) < 4.78 is 0. The van der Waals surface area contributed by atoms with Crippen molar-refractivity contribution in [1.29, 1.82) is 0 Å². The van der Waals surface area contributed by atoms with E-state index in [0.717, 1.165) is 18.0 Å². The zero-order valence-electron chi connectivity index (χ0n) is 13.0. The first-order valence-corrected chi connectivity index (χ1v) is 8.68. The van der Waals surface area contributed by atoms with Gasteiger partial charge in [-0.3, -0.25) is 4.90 Å². The third kappa shape index (κ3) is 3.33. The zero-order chi connectivity index (χ0) is 13.3. The van der Waals surface area contributed by atoms with Crippen LogP contribution in [0.15, 0.2) is 0 Å². The Balaban J connectivity index is 1.57. The van der Waals surface area contributed by atoms with Crippen molar-refractivity contribution in [3.63, 3.8) is 0 Å². The Bertz CT molecular complexity index is 300. The number of nitrogens with zero attached hydrogens (tertiary/aromatic N) is 1. The summed E-state index contributed by atoms with van der Waals surface area (Å²) in [5.74, 6) is 1.03. The summed E-state index contributed by atoms with van der Waals surface area (Å²) in [6.07, 6.45) is 11.5. The second-order valence-corrected chi connectivity index (χ2v) is 7.69. The van der Waals surface area contributed by atoms with E-state index in [1.807, 2.05) is 0 Å². The van der Waals surface area contributed by atoms with Crippen LogP contribution < -0.4 is 5.32 Å². The second-order valence-electron chi connectivity index (χ2n) is 7.69. The minimum absolute atomic E-state index is 0.479. The van der Waals surface area contributed by atoms with Crippen LogP contribution >= 0.6 is 0 Å². The summed E-state index contributed by atoms with van der Waals surface area (Å²) in [7, 11) is 0. The Hall–Kier alpha value is -0.0800. The van der Waals surface area contributed by atoms with E-state index in [2.05, 4.69) is 24.1 Å². The highest BCUT2D eigenvalue weighted by Gasteiger charge is 2.38. The summed E-state index contributed by atoms with van der Waals surface area (Å²) >= 11 is 0. The van der Waals surface area contributed by atoms with Gasteiger partial charge in [0.15, 0.2) is 0 Å². The summed E-state index contributed by atoms with van der Waals surface area (Å²) in [5, 5.41) is 3.77. The van der Waals surface area contributed by atoms with Crippen LogP contribution in [0.2, 0.25) is 0 Å². The van der Waals surface area contributed by atoms with Crippen LogP contribution in [0.25, 0.3) is 0 Å². The largest absolute Gasteiger partial charge is 0.313 e. The molecular formula is C17H32N2. The van der Waals surface area contributed by atoms with E-state index >= 15 is 0 Å². The van der Waals surface area contributed by atoms with E-state index in [1.165, 1.54) is 71.0 Å². The molecule has 1 saturated heterocycles. The number of hydrogen-bond acceptors (Lipinski definition) is 2. The van der Waals surface area contributed by atoms with Crippen LogP contribution in [0.4, 0.5) is 0 Å². The van der Waals surface area contributed by atoms with E-state index < -0.39 is 0 Å². The third-order valence-electron chi connectivity index (χ3n) is 5.94. The number of piperidine rings is 1. The Labute approximate surface area is 119 Å². The Kier molecular flexibility index (Phi) is 4.19. The molecule has 0 radical (unpaired) electrons. The molecule has 2 aliphatic carbocycles. The van der Waals surface area contributed by atoms with Gasteiger partial charge in [0, 0.05) is 25.2 Å². The Morgan fingerprint density at radius 3 is 2.63 bits per heavy atom. The van der Waals surface area contributed by atoms with Gasteiger partial charge in [-0.1, -0.05) is 20.3 Å². The molecule has 0 aromatic carbocycles. The lowest BCUT2D eigenvalue weighted by Crippen LogP contribution is -2.49. The van der Waals surface area contributed by atoms with Crippen LogP contribution in [0.5, 0.6) is 0 Å². The minimum atomic E-state index is 0.479. The molecule has 2 heteroatoms. The average Bonchev–Trinajstić information content (AvgIpc) is 3.13. The van der Waals surface area contributed by atoms with Crippen LogP contribution in [0.3, 0.4) is 0 Å². The highest BCUT2D eigenvalue weighted by atomic mass is 15.2. The Morgan fingerprint density at radius 1 is 1.11 bits per heavy atom. The van der Waals surface area contributed by atoms with E-state index in [9.17, 15) is 0 Å². The molecule has 110 valence electrons. The molecule has 2 nitrogen and oxygen atoms in total. The number of likely N-dealkylation sites (tertiary alicyclic amines) is 1. The fourth-order valence-corrected chi connectivity index (χ4v) is 4.21. The molecule has 3 unspecified atom stereocenters. The molecule has 0 aromatic rings. The van der Waals surface area contributed by atoms with Crippen LogP contribution in [-0.2, 0) is 0 Å². The van der Waals surface area contributed by atoms with Gasteiger partial charge in [-0.25, -0.2) is 0 Å². The molecule has 1 heterocycles. The van der Waals surface area contributed by atoms with Crippen LogP contribution in [-0.4, -0.2) is 36.6 Å². The lowest BCUT2D eigenvalue weighted by molar-refractivity contribution is 0.0628. The minimum Gasteiger partial charge on any atom is -0.313 e. The maximum atomic E-state index is 3.77. The molecule has 2 saturated carbocycles. The van der Waals surface area contributed by atoms with E-state index in [4.69, 9.17) is 0 Å². The lowest BCUT2D eigenvalue weighted by Gasteiger charge is -2.43. The summed E-state index contributed by atoms with van der Waals surface area (Å²) in [5.41, 5.74) is 0.479. The van der Waals surface area contributed by atoms with Gasteiger partial charge in [0.25, 0.3) is 0 Å². The van der Waals surface area contributed by atoms with Gasteiger partial charge in [-0.15, -0.1) is 0 Å². The summed E-state index contributed by atoms with van der Waals surface area (Å²) in [6, 6.07) is 1.78. The quantitative estimate of drug-likeness (QED) is 0.791. The third-order valence-corrected chi connectivity index (χ3v) is 5.94. The summed E-state index contributed by atoms with van der Waals surface area (Å²) in [4.78, 5) is 2.86. The van der Waals surface area contributed by atoms with E-state index in [-0.39, 0.29) is 0 Å². The molecule has 3 fully saturated rings. The van der Waals surface area contributed by atoms with Crippen molar-refractivity contribution < 1.29 is 0 Å². The fourth-order valence-electron chi connectivity index (χ4n) is 4.21.